The van der Waals surface area contributed by atoms with Gasteiger partial charge in [-0.1, -0.05) is 11.6 Å². The molecular weight excluding hydrogens is 252 g/mol. The fraction of sp³-hybridized carbons (Fsp3) is 0.462. The van der Waals surface area contributed by atoms with Crippen LogP contribution in [-0.4, -0.2) is 23.7 Å². The Bertz CT molecular complexity index is 476. The molecule has 0 aromatic heterocycles. The van der Waals surface area contributed by atoms with Gasteiger partial charge in [0.15, 0.2) is 0 Å². The zero-order valence-corrected chi connectivity index (χ0v) is 11.1. The Hall–Kier alpha value is -1.42. The first-order chi connectivity index (χ1) is 8.50. The van der Waals surface area contributed by atoms with Crippen LogP contribution in [0.25, 0.3) is 0 Å². The summed E-state index contributed by atoms with van der Waals surface area (Å²) in [6.45, 7) is 2.93. The van der Waals surface area contributed by atoms with Gasteiger partial charge in [-0.2, -0.15) is 0 Å². The Morgan fingerprint density at radius 1 is 1.50 bits per heavy atom. The number of carboxylic acid groups (broad SMARTS) is 1. The molecule has 0 radical (unpaired) electrons. The lowest BCUT2D eigenvalue weighted by Gasteiger charge is -2.36. The Morgan fingerprint density at radius 3 is 2.83 bits per heavy atom. The molecule has 18 heavy (non-hydrogen) atoms. The van der Waals surface area contributed by atoms with Crippen molar-refractivity contribution in [1.82, 2.24) is 0 Å². The lowest BCUT2D eigenvalue weighted by atomic mass is 10.0. The number of carboxylic acids is 1. The van der Waals surface area contributed by atoms with Crippen LogP contribution in [0, 0.1) is 0 Å². The Labute approximate surface area is 111 Å². The van der Waals surface area contributed by atoms with Crippen LogP contribution in [0.3, 0.4) is 0 Å². The van der Waals surface area contributed by atoms with Crippen LogP contribution in [0.5, 0.6) is 0 Å². The van der Waals surface area contributed by atoms with E-state index in [-0.39, 0.29) is 5.56 Å². The van der Waals surface area contributed by atoms with E-state index in [9.17, 15) is 9.90 Å². The zero-order chi connectivity index (χ0) is 13.3. The van der Waals surface area contributed by atoms with Gasteiger partial charge in [0, 0.05) is 18.3 Å². The molecule has 4 nitrogen and oxygen atoms in total. The van der Waals surface area contributed by atoms with Gasteiger partial charge in [-0.15, -0.1) is 0 Å². The number of hydrogen-bond donors (Lipinski definition) is 2. The molecule has 5 heteroatoms. The Balaban J connectivity index is 2.51. The number of nitrogens with two attached hydrogens (primary N) is 1. The molecule has 0 amide bonds. The highest BCUT2D eigenvalue weighted by molar-refractivity contribution is 6.34. The van der Waals surface area contributed by atoms with Gasteiger partial charge >= 0.3 is 5.97 Å². The summed E-state index contributed by atoms with van der Waals surface area (Å²) in [7, 11) is 0. The molecule has 0 bridgehead atoms. The highest BCUT2D eigenvalue weighted by Crippen LogP contribution is 2.36. The predicted octanol–water partition coefficient (Wildman–Crippen LogP) is 3.00. The molecule has 1 aromatic carbocycles. The summed E-state index contributed by atoms with van der Waals surface area (Å²) in [6, 6.07) is 3.40. The topological polar surface area (TPSA) is 66.6 Å². The summed E-state index contributed by atoms with van der Waals surface area (Å²) in [5.41, 5.74) is 6.84. The average molecular weight is 269 g/mol. The largest absolute Gasteiger partial charge is 0.478 e. The highest BCUT2D eigenvalue weighted by Gasteiger charge is 2.25. The lowest BCUT2D eigenvalue weighted by molar-refractivity contribution is 0.0697. The second-order valence-corrected chi connectivity index (χ2v) is 5.15. The molecule has 3 N–H and O–H groups in total. The minimum absolute atomic E-state index is 0.189. The zero-order valence-electron chi connectivity index (χ0n) is 10.3. The fourth-order valence-corrected chi connectivity index (χ4v) is 2.84. The molecule has 0 spiro atoms. The number of benzene rings is 1. The highest BCUT2D eigenvalue weighted by atomic mass is 35.5. The first-order valence-corrected chi connectivity index (χ1v) is 6.47. The van der Waals surface area contributed by atoms with Crippen molar-refractivity contribution in [3.05, 3.63) is 22.7 Å². The van der Waals surface area contributed by atoms with Crippen molar-refractivity contribution >= 4 is 28.9 Å². The number of hydrogen-bond acceptors (Lipinski definition) is 3. The van der Waals surface area contributed by atoms with Crippen molar-refractivity contribution in [3.8, 4) is 0 Å². The van der Waals surface area contributed by atoms with Crippen molar-refractivity contribution in [2.45, 2.75) is 32.2 Å². The normalized spacial score (nSPS) is 19.9. The van der Waals surface area contributed by atoms with Crippen LogP contribution >= 0.6 is 11.6 Å². The number of piperidine rings is 1. The third-order valence-electron chi connectivity index (χ3n) is 3.41. The van der Waals surface area contributed by atoms with E-state index in [0.717, 1.165) is 19.4 Å². The quantitative estimate of drug-likeness (QED) is 0.809. The van der Waals surface area contributed by atoms with E-state index in [1.807, 2.05) is 0 Å². The van der Waals surface area contributed by atoms with Gasteiger partial charge in [-0.3, -0.25) is 0 Å². The molecule has 1 saturated heterocycles. The van der Waals surface area contributed by atoms with E-state index in [2.05, 4.69) is 11.8 Å². The monoisotopic (exact) mass is 268 g/mol. The van der Waals surface area contributed by atoms with Crippen molar-refractivity contribution in [1.29, 1.82) is 0 Å². The van der Waals surface area contributed by atoms with E-state index in [4.69, 9.17) is 17.3 Å². The van der Waals surface area contributed by atoms with Crippen molar-refractivity contribution < 1.29 is 9.90 Å². The Morgan fingerprint density at radius 2 is 2.22 bits per heavy atom. The van der Waals surface area contributed by atoms with Crippen LogP contribution in [0.1, 0.15) is 36.5 Å². The SMILES string of the molecule is CC1CCCCN1c1c(Cl)cc(N)cc1C(=O)O. The summed E-state index contributed by atoms with van der Waals surface area (Å²) in [6.07, 6.45) is 3.29. The number of rotatable bonds is 2. The van der Waals surface area contributed by atoms with E-state index in [1.165, 1.54) is 12.5 Å². The summed E-state index contributed by atoms with van der Waals surface area (Å²) in [4.78, 5) is 13.4. The smallest absolute Gasteiger partial charge is 0.337 e. The van der Waals surface area contributed by atoms with Crippen LogP contribution < -0.4 is 10.6 Å². The number of nitrogen functional groups attached to an aromatic ring is 1. The van der Waals surface area contributed by atoms with Crippen molar-refractivity contribution in [2.24, 2.45) is 0 Å². The van der Waals surface area contributed by atoms with Crippen LogP contribution in [0.2, 0.25) is 5.02 Å². The third-order valence-corrected chi connectivity index (χ3v) is 3.69. The maximum absolute atomic E-state index is 11.3. The molecule has 1 heterocycles. The first kappa shape index (κ1) is 13.0. The number of nitrogens with zero attached hydrogens (tertiary/aromatic N) is 1. The molecule has 0 aliphatic carbocycles. The fourth-order valence-electron chi connectivity index (χ4n) is 2.51. The summed E-state index contributed by atoms with van der Waals surface area (Å²) in [5.74, 6) is -0.989. The molecule has 1 fully saturated rings. The number of aromatic carboxylic acids is 1. The number of carbonyl (C=O) groups is 1. The second kappa shape index (κ2) is 5.06. The summed E-state index contributed by atoms with van der Waals surface area (Å²) in [5, 5.41) is 9.71. The molecule has 1 aliphatic rings. The van der Waals surface area contributed by atoms with Gasteiger partial charge in [0.05, 0.1) is 16.3 Å². The van der Waals surface area contributed by atoms with Crippen LogP contribution in [0.4, 0.5) is 11.4 Å². The van der Waals surface area contributed by atoms with Crippen molar-refractivity contribution in [2.75, 3.05) is 17.2 Å². The molecule has 1 aliphatic heterocycles. The molecule has 0 saturated carbocycles. The lowest BCUT2D eigenvalue weighted by Crippen LogP contribution is -2.38. The molecule has 1 atom stereocenters. The first-order valence-electron chi connectivity index (χ1n) is 6.09. The number of halogens is 1. The average Bonchev–Trinajstić information content (AvgIpc) is 2.29. The van der Waals surface area contributed by atoms with E-state index >= 15 is 0 Å². The summed E-state index contributed by atoms with van der Waals surface area (Å²) < 4.78 is 0. The maximum atomic E-state index is 11.3. The van der Waals surface area contributed by atoms with Gasteiger partial charge in [0.1, 0.15) is 0 Å². The van der Waals surface area contributed by atoms with E-state index in [0.29, 0.717) is 22.4 Å². The van der Waals surface area contributed by atoms with Gasteiger partial charge in [0.25, 0.3) is 0 Å². The summed E-state index contributed by atoms with van der Waals surface area (Å²) >= 11 is 6.19. The second-order valence-electron chi connectivity index (χ2n) is 4.74. The predicted molar refractivity (Wildman–Crippen MR) is 73.5 cm³/mol. The maximum Gasteiger partial charge on any atom is 0.337 e. The van der Waals surface area contributed by atoms with Gasteiger partial charge in [-0.25, -0.2) is 4.79 Å². The molecular formula is C13H17ClN2O2. The standard InChI is InChI=1S/C13H17ClN2O2/c1-8-4-2-3-5-16(8)12-10(13(17)18)6-9(15)7-11(12)14/h6-8H,2-5,15H2,1H3,(H,17,18). The molecule has 2 rings (SSSR count). The Kier molecular flexibility index (Phi) is 3.66. The minimum Gasteiger partial charge on any atom is -0.478 e. The molecule has 1 unspecified atom stereocenters. The van der Waals surface area contributed by atoms with Gasteiger partial charge in [0.2, 0.25) is 0 Å². The van der Waals surface area contributed by atoms with E-state index < -0.39 is 5.97 Å². The van der Waals surface area contributed by atoms with Gasteiger partial charge < -0.3 is 15.7 Å². The van der Waals surface area contributed by atoms with Crippen molar-refractivity contribution in [3.63, 3.8) is 0 Å². The van der Waals surface area contributed by atoms with Crippen LogP contribution in [-0.2, 0) is 0 Å². The minimum atomic E-state index is -0.989. The number of anilines is 2. The molecule has 1 aromatic rings. The molecule has 98 valence electrons. The van der Waals surface area contributed by atoms with Crippen LogP contribution in [0.15, 0.2) is 12.1 Å². The van der Waals surface area contributed by atoms with E-state index in [1.54, 1.807) is 6.07 Å². The van der Waals surface area contributed by atoms with Gasteiger partial charge in [-0.05, 0) is 38.3 Å². The third kappa shape index (κ3) is 2.38.